The van der Waals surface area contributed by atoms with Crippen molar-refractivity contribution in [1.29, 1.82) is 0 Å². The van der Waals surface area contributed by atoms with Gasteiger partial charge in [0.1, 0.15) is 5.75 Å². The molecular formula is C18H14N4O3S. The molecular weight excluding hydrogens is 352 g/mol. The van der Waals surface area contributed by atoms with Crippen molar-refractivity contribution in [3.8, 4) is 28.6 Å². The predicted octanol–water partition coefficient (Wildman–Crippen LogP) is 4.09. The highest BCUT2D eigenvalue weighted by atomic mass is 32.2. The summed E-state index contributed by atoms with van der Waals surface area (Å²) >= 11 is 1.34. The Morgan fingerprint density at radius 1 is 0.962 bits per heavy atom. The van der Waals surface area contributed by atoms with Crippen LogP contribution in [0.1, 0.15) is 5.89 Å². The quantitative estimate of drug-likeness (QED) is 0.472. The van der Waals surface area contributed by atoms with Crippen molar-refractivity contribution >= 4 is 11.8 Å². The Labute approximate surface area is 153 Å². The number of methoxy groups -OCH3 is 1. The zero-order valence-electron chi connectivity index (χ0n) is 13.8. The van der Waals surface area contributed by atoms with Crippen LogP contribution in [0.15, 0.2) is 68.8 Å². The summed E-state index contributed by atoms with van der Waals surface area (Å²) in [6, 6.07) is 17.1. The van der Waals surface area contributed by atoms with E-state index in [1.807, 2.05) is 54.6 Å². The summed E-state index contributed by atoms with van der Waals surface area (Å²) in [5, 5.41) is 12.5. The molecule has 0 N–H and O–H groups in total. The molecule has 0 bridgehead atoms. The van der Waals surface area contributed by atoms with E-state index in [4.69, 9.17) is 13.7 Å². The second-order valence-corrected chi connectivity index (χ2v) is 6.19. The maximum atomic E-state index is 5.67. The SMILES string of the molecule is COc1ccc(-c2nnc(SCc3nc(-c4ccccc4)no3)o2)cc1. The molecule has 8 heteroatoms. The molecule has 0 unspecified atom stereocenters. The molecule has 0 aliphatic carbocycles. The number of hydrogen-bond acceptors (Lipinski definition) is 8. The Morgan fingerprint density at radius 2 is 1.77 bits per heavy atom. The van der Waals surface area contributed by atoms with Crippen molar-refractivity contribution in [1.82, 2.24) is 20.3 Å². The molecule has 0 amide bonds. The summed E-state index contributed by atoms with van der Waals surface area (Å²) < 4.78 is 16.1. The second kappa shape index (κ2) is 7.40. The highest BCUT2D eigenvalue weighted by molar-refractivity contribution is 7.98. The molecule has 4 rings (SSSR count). The van der Waals surface area contributed by atoms with Gasteiger partial charge in [0.05, 0.1) is 12.9 Å². The van der Waals surface area contributed by atoms with Gasteiger partial charge in [-0.1, -0.05) is 47.3 Å². The van der Waals surface area contributed by atoms with Gasteiger partial charge < -0.3 is 13.7 Å². The standard InChI is InChI=1S/C18H14N4O3S/c1-23-14-9-7-13(8-10-14)17-20-21-18(24-17)26-11-15-19-16(22-25-15)12-5-3-2-4-6-12/h2-10H,11H2,1H3. The third kappa shape index (κ3) is 3.60. The van der Waals surface area contributed by atoms with Gasteiger partial charge in [0, 0.05) is 11.1 Å². The number of benzene rings is 2. The van der Waals surface area contributed by atoms with Gasteiger partial charge in [-0.05, 0) is 24.3 Å². The lowest BCUT2D eigenvalue weighted by molar-refractivity contribution is 0.391. The van der Waals surface area contributed by atoms with E-state index in [-0.39, 0.29) is 0 Å². The van der Waals surface area contributed by atoms with Gasteiger partial charge in [-0.25, -0.2) is 0 Å². The smallest absolute Gasteiger partial charge is 0.277 e. The Hall–Kier alpha value is -3.13. The van der Waals surface area contributed by atoms with E-state index in [1.165, 1.54) is 11.8 Å². The minimum atomic E-state index is 0.440. The van der Waals surface area contributed by atoms with Crippen molar-refractivity contribution in [2.75, 3.05) is 7.11 Å². The molecule has 130 valence electrons. The lowest BCUT2D eigenvalue weighted by atomic mass is 10.2. The highest BCUT2D eigenvalue weighted by Gasteiger charge is 2.13. The predicted molar refractivity (Wildman–Crippen MR) is 95.6 cm³/mol. The summed E-state index contributed by atoms with van der Waals surface area (Å²) in [4.78, 5) is 4.38. The van der Waals surface area contributed by atoms with Crippen molar-refractivity contribution < 1.29 is 13.7 Å². The zero-order chi connectivity index (χ0) is 17.8. The van der Waals surface area contributed by atoms with Gasteiger partial charge >= 0.3 is 0 Å². The van der Waals surface area contributed by atoms with Crippen LogP contribution in [-0.4, -0.2) is 27.4 Å². The fourth-order valence-corrected chi connectivity index (χ4v) is 2.86. The third-order valence-electron chi connectivity index (χ3n) is 3.56. The first-order chi connectivity index (χ1) is 12.8. The molecule has 0 spiro atoms. The summed E-state index contributed by atoms with van der Waals surface area (Å²) in [5.74, 6) is 2.73. The molecule has 0 aliphatic rings. The Balaban J connectivity index is 1.41. The van der Waals surface area contributed by atoms with Crippen LogP contribution in [0.4, 0.5) is 0 Å². The molecule has 2 aromatic carbocycles. The monoisotopic (exact) mass is 366 g/mol. The molecule has 2 aromatic heterocycles. The van der Waals surface area contributed by atoms with Gasteiger partial charge in [0.15, 0.2) is 0 Å². The second-order valence-electron chi connectivity index (χ2n) is 5.27. The minimum Gasteiger partial charge on any atom is -0.497 e. The first kappa shape index (κ1) is 16.3. The molecule has 4 aromatic rings. The van der Waals surface area contributed by atoms with Gasteiger partial charge in [0.25, 0.3) is 5.22 Å². The Bertz CT molecular complexity index is 983. The molecule has 0 saturated carbocycles. The molecule has 2 heterocycles. The van der Waals surface area contributed by atoms with Crippen LogP contribution in [0.2, 0.25) is 0 Å². The number of thioether (sulfide) groups is 1. The van der Waals surface area contributed by atoms with E-state index in [0.29, 0.717) is 28.6 Å². The average molecular weight is 366 g/mol. The summed E-state index contributed by atoms with van der Waals surface area (Å²) in [7, 11) is 1.62. The first-order valence-electron chi connectivity index (χ1n) is 7.80. The summed E-state index contributed by atoms with van der Waals surface area (Å²) in [6.07, 6.45) is 0. The number of hydrogen-bond donors (Lipinski definition) is 0. The van der Waals surface area contributed by atoms with E-state index >= 15 is 0 Å². The largest absolute Gasteiger partial charge is 0.497 e. The van der Waals surface area contributed by atoms with Crippen molar-refractivity contribution in [2.24, 2.45) is 0 Å². The molecule has 0 aliphatic heterocycles. The molecule has 0 fully saturated rings. The average Bonchev–Trinajstić information content (AvgIpc) is 3.37. The number of aromatic nitrogens is 4. The number of rotatable bonds is 6. The molecule has 26 heavy (non-hydrogen) atoms. The maximum Gasteiger partial charge on any atom is 0.277 e. The fourth-order valence-electron chi connectivity index (χ4n) is 2.26. The van der Waals surface area contributed by atoms with Crippen LogP contribution in [-0.2, 0) is 5.75 Å². The van der Waals surface area contributed by atoms with Crippen LogP contribution in [0.5, 0.6) is 5.75 Å². The number of nitrogens with zero attached hydrogens (tertiary/aromatic N) is 4. The lowest BCUT2D eigenvalue weighted by Gasteiger charge is -1.99. The third-order valence-corrected chi connectivity index (χ3v) is 4.37. The first-order valence-corrected chi connectivity index (χ1v) is 8.79. The van der Waals surface area contributed by atoms with Crippen molar-refractivity contribution in [3.63, 3.8) is 0 Å². The van der Waals surface area contributed by atoms with Crippen LogP contribution in [0, 0.1) is 0 Å². The zero-order valence-corrected chi connectivity index (χ0v) is 14.6. The van der Waals surface area contributed by atoms with E-state index < -0.39 is 0 Å². The van der Waals surface area contributed by atoms with Gasteiger partial charge in [-0.15, -0.1) is 10.2 Å². The van der Waals surface area contributed by atoms with Crippen LogP contribution in [0.25, 0.3) is 22.8 Å². The van der Waals surface area contributed by atoms with Crippen molar-refractivity contribution in [2.45, 2.75) is 11.0 Å². The van der Waals surface area contributed by atoms with E-state index in [0.717, 1.165) is 16.9 Å². The van der Waals surface area contributed by atoms with Crippen molar-refractivity contribution in [3.05, 3.63) is 60.5 Å². The lowest BCUT2D eigenvalue weighted by Crippen LogP contribution is -1.82. The molecule has 0 radical (unpaired) electrons. The van der Waals surface area contributed by atoms with Crippen LogP contribution in [0.3, 0.4) is 0 Å². The van der Waals surface area contributed by atoms with Crippen LogP contribution < -0.4 is 4.74 Å². The minimum absolute atomic E-state index is 0.440. The maximum absolute atomic E-state index is 5.67. The van der Waals surface area contributed by atoms with Gasteiger partial charge in [0.2, 0.25) is 17.6 Å². The molecule has 0 saturated heterocycles. The summed E-state index contributed by atoms with van der Waals surface area (Å²) in [5.41, 5.74) is 1.74. The summed E-state index contributed by atoms with van der Waals surface area (Å²) in [6.45, 7) is 0. The van der Waals surface area contributed by atoms with Crippen LogP contribution >= 0.6 is 11.8 Å². The van der Waals surface area contributed by atoms with E-state index in [9.17, 15) is 0 Å². The Kier molecular flexibility index (Phi) is 4.65. The van der Waals surface area contributed by atoms with Gasteiger partial charge in [-0.3, -0.25) is 0 Å². The number of ether oxygens (including phenoxy) is 1. The van der Waals surface area contributed by atoms with E-state index in [1.54, 1.807) is 7.11 Å². The topological polar surface area (TPSA) is 87.1 Å². The van der Waals surface area contributed by atoms with Gasteiger partial charge in [-0.2, -0.15) is 4.98 Å². The highest BCUT2D eigenvalue weighted by Crippen LogP contribution is 2.27. The molecule has 0 atom stereocenters. The normalized spacial score (nSPS) is 10.8. The molecule has 7 nitrogen and oxygen atoms in total. The Morgan fingerprint density at radius 3 is 2.54 bits per heavy atom. The van der Waals surface area contributed by atoms with E-state index in [2.05, 4.69) is 20.3 Å². The fraction of sp³-hybridized carbons (Fsp3) is 0.111.